The number of carbonyl (C=O) groups is 1. The van der Waals surface area contributed by atoms with Crippen LogP contribution in [0.25, 0.3) is 0 Å². The largest absolute Gasteiger partial charge is 0.492 e. The van der Waals surface area contributed by atoms with Crippen LogP contribution in [-0.4, -0.2) is 34.6 Å². The van der Waals surface area contributed by atoms with Gasteiger partial charge in [-0.05, 0) is 42.3 Å². The monoisotopic (exact) mass is 377 g/mol. The third-order valence-corrected chi connectivity index (χ3v) is 5.15. The molecule has 0 saturated carbocycles. The van der Waals surface area contributed by atoms with Crippen molar-refractivity contribution in [2.75, 3.05) is 20.3 Å². The van der Waals surface area contributed by atoms with Crippen molar-refractivity contribution in [2.45, 2.75) is 24.7 Å². The van der Waals surface area contributed by atoms with Crippen LogP contribution in [0.15, 0.2) is 53.4 Å². The second kappa shape index (κ2) is 9.35. The second-order valence-electron chi connectivity index (χ2n) is 5.66. The first-order chi connectivity index (χ1) is 12.5. The number of aryl methyl sites for hydroxylation is 1. The van der Waals surface area contributed by atoms with Gasteiger partial charge in [0.1, 0.15) is 12.4 Å². The van der Waals surface area contributed by atoms with Crippen LogP contribution in [0.1, 0.15) is 29.3 Å². The van der Waals surface area contributed by atoms with E-state index in [1.54, 1.807) is 0 Å². The summed E-state index contributed by atoms with van der Waals surface area (Å²) in [4.78, 5) is 11.5. The molecular weight excluding hydrogens is 354 g/mol. The summed E-state index contributed by atoms with van der Waals surface area (Å²) in [6.45, 7) is 2.43. The van der Waals surface area contributed by atoms with Crippen molar-refractivity contribution in [3.05, 3.63) is 59.7 Å². The molecule has 0 unspecified atom stereocenters. The number of sulfonamides is 1. The van der Waals surface area contributed by atoms with E-state index in [0.717, 1.165) is 12.8 Å². The van der Waals surface area contributed by atoms with Crippen molar-refractivity contribution in [3.63, 3.8) is 0 Å². The van der Waals surface area contributed by atoms with E-state index in [4.69, 9.17) is 4.74 Å². The number of carbonyl (C=O) groups excluding carboxylic acids is 1. The normalized spacial score (nSPS) is 11.2. The average Bonchev–Trinajstić information content (AvgIpc) is 2.66. The summed E-state index contributed by atoms with van der Waals surface area (Å²) < 4.78 is 37.2. The lowest BCUT2D eigenvalue weighted by Gasteiger charge is -2.10. The molecule has 0 radical (unpaired) electrons. The molecule has 6 nitrogen and oxygen atoms in total. The maximum absolute atomic E-state index is 12.3. The smallest absolute Gasteiger partial charge is 0.337 e. The molecule has 0 aliphatic carbocycles. The van der Waals surface area contributed by atoms with Crippen LogP contribution in [-0.2, 0) is 21.2 Å². The summed E-state index contributed by atoms with van der Waals surface area (Å²) in [6, 6.07) is 13.4. The molecule has 0 aliphatic heterocycles. The summed E-state index contributed by atoms with van der Waals surface area (Å²) in [6.07, 6.45) is 2.10. The van der Waals surface area contributed by atoms with Gasteiger partial charge >= 0.3 is 5.97 Å². The van der Waals surface area contributed by atoms with Gasteiger partial charge in [0.05, 0.1) is 17.6 Å². The topological polar surface area (TPSA) is 81.7 Å². The predicted octanol–water partition coefficient (Wildman–Crippen LogP) is 2.78. The molecule has 0 bridgehead atoms. The molecule has 1 N–H and O–H groups in total. The van der Waals surface area contributed by atoms with Gasteiger partial charge in [0.25, 0.3) is 0 Å². The lowest BCUT2D eigenvalue weighted by atomic mass is 10.1. The molecule has 0 atom stereocenters. The van der Waals surface area contributed by atoms with Gasteiger partial charge in [0.15, 0.2) is 0 Å². The standard InChI is InChI=1S/C19H23NO5S/c1-3-5-15-8-10-17(11-9-15)25-13-12-20-26(22,23)18-7-4-6-16(14-18)19(21)24-2/h4,6-11,14,20H,3,5,12-13H2,1-2H3. The molecule has 0 spiro atoms. The molecular formula is C19H23NO5S. The number of hydrogen-bond donors (Lipinski definition) is 1. The minimum Gasteiger partial charge on any atom is -0.492 e. The highest BCUT2D eigenvalue weighted by atomic mass is 32.2. The highest BCUT2D eigenvalue weighted by Crippen LogP contribution is 2.14. The van der Waals surface area contributed by atoms with Gasteiger partial charge in [0.2, 0.25) is 10.0 Å². The van der Waals surface area contributed by atoms with Crippen LogP contribution in [0.3, 0.4) is 0 Å². The highest BCUT2D eigenvalue weighted by molar-refractivity contribution is 7.89. The molecule has 7 heteroatoms. The van der Waals surface area contributed by atoms with Gasteiger partial charge in [-0.3, -0.25) is 0 Å². The SMILES string of the molecule is CCCc1ccc(OCCNS(=O)(=O)c2cccc(C(=O)OC)c2)cc1. The Kier molecular flexibility index (Phi) is 7.17. The van der Waals surface area contributed by atoms with E-state index < -0.39 is 16.0 Å². The van der Waals surface area contributed by atoms with Gasteiger partial charge in [-0.15, -0.1) is 0 Å². The molecule has 2 aromatic rings. The molecule has 2 aromatic carbocycles. The summed E-state index contributed by atoms with van der Waals surface area (Å²) >= 11 is 0. The van der Waals surface area contributed by atoms with E-state index in [1.807, 2.05) is 24.3 Å². The zero-order valence-corrected chi connectivity index (χ0v) is 15.7. The van der Waals surface area contributed by atoms with Crippen molar-refractivity contribution in [3.8, 4) is 5.75 Å². The van der Waals surface area contributed by atoms with Crippen LogP contribution in [0.2, 0.25) is 0 Å². The van der Waals surface area contributed by atoms with E-state index in [-0.39, 0.29) is 23.6 Å². The fraction of sp³-hybridized carbons (Fsp3) is 0.316. The Morgan fingerprint density at radius 3 is 2.50 bits per heavy atom. The molecule has 0 fully saturated rings. The zero-order chi connectivity index (χ0) is 19.0. The van der Waals surface area contributed by atoms with Crippen molar-refractivity contribution >= 4 is 16.0 Å². The second-order valence-corrected chi connectivity index (χ2v) is 7.43. The van der Waals surface area contributed by atoms with E-state index >= 15 is 0 Å². The third kappa shape index (κ3) is 5.57. The maximum atomic E-state index is 12.3. The van der Waals surface area contributed by atoms with Crippen molar-refractivity contribution in [2.24, 2.45) is 0 Å². The van der Waals surface area contributed by atoms with E-state index in [1.165, 1.54) is 36.9 Å². The summed E-state index contributed by atoms with van der Waals surface area (Å²) in [5.41, 5.74) is 1.42. The van der Waals surface area contributed by atoms with Gasteiger partial charge in [-0.1, -0.05) is 31.5 Å². The summed E-state index contributed by atoms with van der Waals surface area (Å²) in [5, 5.41) is 0. The molecule has 0 saturated heterocycles. The Morgan fingerprint density at radius 2 is 1.85 bits per heavy atom. The zero-order valence-electron chi connectivity index (χ0n) is 14.9. The number of esters is 1. The van der Waals surface area contributed by atoms with Crippen molar-refractivity contribution in [1.29, 1.82) is 0 Å². The lowest BCUT2D eigenvalue weighted by molar-refractivity contribution is 0.0600. The number of methoxy groups -OCH3 is 1. The van der Waals surface area contributed by atoms with E-state index in [0.29, 0.717) is 5.75 Å². The minimum absolute atomic E-state index is 0.00400. The minimum atomic E-state index is -3.73. The lowest BCUT2D eigenvalue weighted by Crippen LogP contribution is -2.28. The fourth-order valence-corrected chi connectivity index (χ4v) is 3.44. The van der Waals surface area contributed by atoms with E-state index in [2.05, 4.69) is 16.4 Å². The van der Waals surface area contributed by atoms with Crippen LogP contribution in [0, 0.1) is 0 Å². The van der Waals surface area contributed by atoms with Gasteiger partial charge < -0.3 is 9.47 Å². The third-order valence-electron chi connectivity index (χ3n) is 3.69. The number of hydrogen-bond acceptors (Lipinski definition) is 5. The van der Waals surface area contributed by atoms with Gasteiger partial charge in [-0.2, -0.15) is 0 Å². The van der Waals surface area contributed by atoms with Gasteiger partial charge in [0, 0.05) is 6.54 Å². The summed E-state index contributed by atoms with van der Waals surface area (Å²) in [7, 11) is -2.49. The molecule has 0 amide bonds. The molecule has 0 aliphatic rings. The molecule has 2 rings (SSSR count). The number of benzene rings is 2. The van der Waals surface area contributed by atoms with Crippen molar-refractivity contribution in [1.82, 2.24) is 4.72 Å². The van der Waals surface area contributed by atoms with Crippen molar-refractivity contribution < 1.29 is 22.7 Å². The first kappa shape index (κ1) is 19.9. The highest BCUT2D eigenvalue weighted by Gasteiger charge is 2.16. The molecule has 26 heavy (non-hydrogen) atoms. The van der Waals surface area contributed by atoms with Crippen LogP contribution < -0.4 is 9.46 Å². The Balaban J connectivity index is 1.89. The molecule has 0 aromatic heterocycles. The quantitative estimate of drug-likeness (QED) is 0.537. The average molecular weight is 377 g/mol. The number of rotatable bonds is 9. The summed E-state index contributed by atoms with van der Waals surface area (Å²) in [5.74, 6) is 0.105. The van der Waals surface area contributed by atoms with Crippen LogP contribution in [0.5, 0.6) is 5.75 Å². The molecule has 140 valence electrons. The Bertz CT molecular complexity index is 831. The molecule has 0 heterocycles. The Labute approximate surface area is 154 Å². The van der Waals surface area contributed by atoms with Crippen LogP contribution in [0.4, 0.5) is 0 Å². The predicted molar refractivity (Wildman–Crippen MR) is 98.9 cm³/mol. The first-order valence-electron chi connectivity index (χ1n) is 8.36. The first-order valence-corrected chi connectivity index (χ1v) is 9.84. The Morgan fingerprint density at radius 1 is 1.12 bits per heavy atom. The fourth-order valence-electron chi connectivity index (χ4n) is 2.38. The van der Waals surface area contributed by atoms with Gasteiger partial charge in [-0.25, -0.2) is 17.9 Å². The number of nitrogens with one attached hydrogen (secondary N) is 1. The maximum Gasteiger partial charge on any atom is 0.337 e. The van der Waals surface area contributed by atoms with Crippen LogP contribution >= 0.6 is 0 Å². The number of ether oxygens (including phenoxy) is 2. The Hall–Kier alpha value is -2.38. The van der Waals surface area contributed by atoms with E-state index in [9.17, 15) is 13.2 Å².